The largest absolute Gasteiger partial charge is 0.329 e. The second-order valence-corrected chi connectivity index (χ2v) is 12.9. The summed E-state index contributed by atoms with van der Waals surface area (Å²) in [4.78, 5) is 3.40. The van der Waals surface area contributed by atoms with Crippen molar-refractivity contribution in [1.82, 2.24) is 4.90 Å². The molecule has 0 amide bonds. The van der Waals surface area contributed by atoms with Crippen LogP contribution in [0.2, 0.25) is 5.02 Å². The highest BCUT2D eigenvalue weighted by molar-refractivity contribution is 7.80. The average molecular weight is 562 g/mol. The number of fused-ring (bicyclic) bond motifs is 1. The molecular weight excluding hydrogens is 514 g/mol. The summed E-state index contributed by atoms with van der Waals surface area (Å²) in [6.07, 6.45) is 22.2. The van der Waals surface area contributed by atoms with Gasteiger partial charge >= 0.3 is 0 Å². The van der Waals surface area contributed by atoms with E-state index in [0.717, 1.165) is 40.9 Å². The first-order chi connectivity index (χ1) is 18.9. The van der Waals surface area contributed by atoms with Gasteiger partial charge in [-0.1, -0.05) is 133 Å². The highest BCUT2D eigenvalue weighted by Gasteiger charge is 2.42. The number of likely N-dealkylation sites (tertiary alicyclic amines) is 1. The lowest BCUT2D eigenvalue weighted by Gasteiger charge is -2.34. The number of halogens is 1. The van der Waals surface area contributed by atoms with Crippen LogP contribution in [0.1, 0.15) is 110 Å². The van der Waals surface area contributed by atoms with Crippen LogP contribution in [0.5, 0.6) is 0 Å². The van der Waals surface area contributed by atoms with Crippen molar-refractivity contribution in [2.24, 2.45) is 11.8 Å². The molecule has 3 atom stereocenters. The van der Waals surface area contributed by atoms with E-state index in [2.05, 4.69) is 69.5 Å². The Kier molecular flexibility index (Phi) is 10.9. The Bertz CT molecular complexity index is 1160. The van der Waals surface area contributed by atoms with E-state index in [9.17, 15) is 0 Å². The van der Waals surface area contributed by atoms with Gasteiger partial charge in [0.15, 0.2) is 0 Å². The molecule has 0 N–H and O–H groups in total. The summed E-state index contributed by atoms with van der Waals surface area (Å²) in [5.74, 6) is 1.48. The lowest BCUT2D eigenvalue weighted by Crippen LogP contribution is -2.38. The molecule has 39 heavy (non-hydrogen) atoms. The van der Waals surface area contributed by atoms with Crippen molar-refractivity contribution in [2.45, 2.75) is 111 Å². The van der Waals surface area contributed by atoms with Crippen molar-refractivity contribution in [3.05, 3.63) is 87.6 Å². The van der Waals surface area contributed by atoms with Crippen LogP contribution in [0.25, 0.3) is 5.57 Å². The Morgan fingerprint density at radius 3 is 2.36 bits per heavy atom. The van der Waals surface area contributed by atoms with Gasteiger partial charge in [0, 0.05) is 17.1 Å². The Hall–Kier alpha value is -1.90. The van der Waals surface area contributed by atoms with Gasteiger partial charge in [0.25, 0.3) is 0 Å². The molecule has 210 valence electrons. The molecule has 0 radical (unpaired) electrons. The second kappa shape index (κ2) is 14.1. The minimum Gasteiger partial charge on any atom is -0.329 e. The van der Waals surface area contributed by atoms with Crippen LogP contribution in [0.15, 0.2) is 77.1 Å². The minimum absolute atomic E-state index is 0.384. The Labute approximate surface area is 248 Å². The molecule has 1 aromatic carbocycles. The van der Waals surface area contributed by atoms with Crippen molar-refractivity contribution in [1.29, 1.82) is 0 Å². The Morgan fingerprint density at radius 2 is 1.69 bits per heavy atom. The monoisotopic (exact) mass is 561 g/mol. The maximum Gasteiger partial charge on any atom is 0.0874 e. The van der Waals surface area contributed by atoms with Crippen molar-refractivity contribution in [2.75, 3.05) is 0 Å². The van der Waals surface area contributed by atoms with Gasteiger partial charge in [-0.2, -0.15) is 0 Å². The third kappa shape index (κ3) is 7.65. The van der Waals surface area contributed by atoms with Gasteiger partial charge in [0.05, 0.1) is 11.0 Å². The summed E-state index contributed by atoms with van der Waals surface area (Å²) in [6.45, 7) is 13.6. The first-order valence-electron chi connectivity index (χ1n) is 15.5. The van der Waals surface area contributed by atoms with Gasteiger partial charge < -0.3 is 4.90 Å². The van der Waals surface area contributed by atoms with E-state index in [0.29, 0.717) is 12.0 Å². The smallest absolute Gasteiger partial charge is 0.0874 e. The number of thiocarbonyl (C=S) groups is 1. The summed E-state index contributed by atoms with van der Waals surface area (Å²) < 4.78 is 0. The van der Waals surface area contributed by atoms with Crippen LogP contribution in [0, 0.1) is 11.8 Å². The number of allylic oxidation sites excluding steroid dienone is 7. The first-order valence-corrected chi connectivity index (χ1v) is 16.3. The van der Waals surface area contributed by atoms with E-state index in [1.165, 1.54) is 85.6 Å². The zero-order valence-corrected chi connectivity index (χ0v) is 26.3. The van der Waals surface area contributed by atoms with Gasteiger partial charge in [0.1, 0.15) is 0 Å². The van der Waals surface area contributed by atoms with Crippen LogP contribution in [-0.2, 0) is 0 Å². The molecule has 0 spiro atoms. The van der Waals surface area contributed by atoms with E-state index < -0.39 is 0 Å². The average Bonchev–Trinajstić information content (AvgIpc) is 3.47. The van der Waals surface area contributed by atoms with Gasteiger partial charge in [-0.05, 0) is 83.9 Å². The van der Waals surface area contributed by atoms with Crippen molar-refractivity contribution in [3.63, 3.8) is 0 Å². The van der Waals surface area contributed by atoms with Crippen LogP contribution >= 0.6 is 23.8 Å². The van der Waals surface area contributed by atoms with Crippen LogP contribution < -0.4 is 0 Å². The normalized spacial score (nSPS) is 25.0. The molecule has 1 aliphatic heterocycles. The second-order valence-electron chi connectivity index (χ2n) is 12.0. The summed E-state index contributed by atoms with van der Waals surface area (Å²) in [7, 11) is 0. The summed E-state index contributed by atoms with van der Waals surface area (Å²) >= 11 is 12.0. The molecule has 1 heterocycles. The molecule has 5 rings (SSSR count). The van der Waals surface area contributed by atoms with Crippen molar-refractivity contribution >= 4 is 34.4 Å². The van der Waals surface area contributed by atoms with Crippen LogP contribution in [-0.4, -0.2) is 15.9 Å². The van der Waals surface area contributed by atoms with Gasteiger partial charge in [-0.25, -0.2) is 0 Å². The molecule has 3 unspecified atom stereocenters. The van der Waals surface area contributed by atoms with Gasteiger partial charge in [-0.3, -0.25) is 0 Å². The summed E-state index contributed by atoms with van der Waals surface area (Å²) in [6, 6.07) is 8.62. The predicted octanol–water partition coefficient (Wildman–Crippen LogP) is 11.4. The molecular formula is C36H48ClNS. The molecule has 2 fully saturated rings. The molecule has 1 saturated heterocycles. The predicted molar refractivity (Wildman–Crippen MR) is 175 cm³/mol. The number of hydrogen-bond donors (Lipinski definition) is 0. The maximum absolute atomic E-state index is 6.12. The standard InChI is InChI=1S/C29H32ClNS.C7H16/c1-4-5-6-21-12-24(20-7-9-27(30)10-8-20)15-25(21)13-22-17-29(32)31(19(22)3)28-16-26-14-23(26)11-18(28)2;1-3-5-7-6-4-2/h7-10,12-13,16,18,23,28H,3-6,11,14-15,17H2,1-2H3;3-7H2,1-2H3/b22-13+;. The fourth-order valence-corrected chi connectivity index (χ4v) is 6.77. The molecule has 0 aromatic heterocycles. The molecule has 1 aromatic rings. The van der Waals surface area contributed by atoms with Crippen LogP contribution in [0.4, 0.5) is 0 Å². The van der Waals surface area contributed by atoms with E-state index in [1.807, 2.05) is 12.1 Å². The SMILES string of the molecule is C=C1/C(=C/C2=C(CCCC)C=C(c3ccc(Cl)cc3)C2)CC(=S)N1C1C=C2CC2CC1C.CCCCCCC. The van der Waals surface area contributed by atoms with Crippen molar-refractivity contribution in [3.8, 4) is 0 Å². The third-order valence-corrected chi connectivity index (χ3v) is 9.35. The molecule has 3 aliphatic carbocycles. The molecule has 1 nitrogen and oxygen atoms in total. The third-order valence-electron chi connectivity index (χ3n) is 8.75. The highest BCUT2D eigenvalue weighted by atomic mass is 35.5. The van der Waals surface area contributed by atoms with E-state index in [1.54, 1.807) is 5.57 Å². The highest BCUT2D eigenvalue weighted by Crippen LogP contribution is 2.50. The topological polar surface area (TPSA) is 3.24 Å². The molecule has 0 bridgehead atoms. The number of benzene rings is 1. The molecule has 4 aliphatic rings. The Balaban J connectivity index is 0.000000448. The Morgan fingerprint density at radius 1 is 1.00 bits per heavy atom. The summed E-state index contributed by atoms with van der Waals surface area (Å²) in [5.41, 5.74) is 9.60. The lowest BCUT2D eigenvalue weighted by molar-refractivity contribution is 0.313. The number of nitrogens with zero attached hydrogens (tertiary/aromatic N) is 1. The minimum atomic E-state index is 0.384. The number of unbranched alkanes of at least 4 members (excludes halogenated alkanes) is 5. The van der Waals surface area contributed by atoms with Gasteiger partial charge in [0.2, 0.25) is 0 Å². The quantitative estimate of drug-likeness (QED) is 0.159. The number of rotatable bonds is 10. The molecule has 3 heteroatoms. The summed E-state index contributed by atoms with van der Waals surface area (Å²) in [5, 5.41) is 0.786. The number of hydrogen-bond acceptors (Lipinski definition) is 1. The van der Waals surface area contributed by atoms with Crippen LogP contribution in [0.3, 0.4) is 0 Å². The van der Waals surface area contributed by atoms with Gasteiger partial charge in [-0.15, -0.1) is 0 Å². The zero-order valence-electron chi connectivity index (χ0n) is 24.7. The van der Waals surface area contributed by atoms with E-state index in [-0.39, 0.29) is 0 Å². The first kappa shape index (κ1) is 30.1. The van der Waals surface area contributed by atoms with Crippen molar-refractivity contribution < 1.29 is 0 Å². The fraction of sp³-hybridized carbons (Fsp3) is 0.528. The fourth-order valence-electron chi connectivity index (χ4n) is 6.25. The lowest BCUT2D eigenvalue weighted by atomic mass is 9.90. The molecule has 1 saturated carbocycles. The zero-order chi connectivity index (χ0) is 27.9. The maximum atomic E-state index is 6.12. The van der Waals surface area contributed by atoms with E-state index in [4.69, 9.17) is 23.8 Å². The van der Waals surface area contributed by atoms with E-state index >= 15 is 0 Å².